The number of benzene rings is 2. The molecule has 0 radical (unpaired) electrons. The molecular weight excluding hydrogens is 432 g/mol. The van der Waals surface area contributed by atoms with Crippen LogP contribution in [0.4, 0.5) is 5.69 Å². The summed E-state index contributed by atoms with van der Waals surface area (Å²) in [5, 5.41) is 4.72. The number of carbonyl (C=O) groups is 1. The zero-order chi connectivity index (χ0) is 20.4. The first kappa shape index (κ1) is 19.5. The van der Waals surface area contributed by atoms with Crippen molar-refractivity contribution in [3.8, 4) is 5.75 Å². The van der Waals surface area contributed by atoms with Gasteiger partial charge in [0.05, 0.1) is 12.3 Å². The number of aryl methyl sites for hydroxylation is 1. The number of carbonyl (C=O) groups excluding carboxylic acids is 1. The van der Waals surface area contributed by atoms with Gasteiger partial charge in [-0.3, -0.25) is 9.78 Å². The molecule has 0 aliphatic carbocycles. The maximum absolute atomic E-state index is 13.0. The lowest BCUT2D eigenvalue weighted by atomic mass is 10.1. The molecule has 4 rings (SSSR count). The van der Waals surface area contributed by atoms with Crippen molar-refractivity contribution in [1.29, 1.82) is 0 Å². The van der Waals surface area contributed by atoms with Crippen molar-refractivity contribution in [2.45, 2.75) is 26.7 Å². The first-order valence-electron chi connectivity index (χ1n) is 9.59. The summed E-state index contributed by atoms with van der Waals surface area (Å²) in [5.41, 5.74) is 2.88. The van der Waals surface area contributed by atoms with Crippen LogP contribution in [0.3, 0.4) is 0 Å². The van der Waals surface area contributed by atoms with Crippen LogP contribution in [0.5, 0.6) is 5.75 Å². The first-order valence-corrected chi connectivity index (χ1v) is 10.4. The third kappa shape index (κ3) is 3.85. The number of aromatic nitrogens is 1. The number of amides is 1. The van der Waals surface area contributed by atoms with Gasteiger partial charge < -0.3 is 14.5 Å². The molecule has 2 heterocycles. The molecule has 0 saturated carbocycles. The molecule has 2 aromatic heterocycles. The van der Waals surface area contributed by atoms with Crippen molar-refractivity contribution in [2.75, 3.05) is 11.9 Å². The lowest BCUT2D eigenvalue weighted by Crippen LogP contribution is -2.12. The molecule has 1 N–H and O–H groups in total. The molecule has 0 atom stereocenters. The Bertz CT molecular complexity index is 1200. The Morgan fingerprint density at radius 1 is 1.21 bits per heavy atom. The summed E-state index contributed by atoms with van der Waals surface area (Å²) in [4.78, 5) is 17.4. The summed E-state index contributed by atoms with van der Waals surface area (Å²) in [6.07, 6.45) is 3.77. The molecule has 0 saturated heterocycles. The summed E-state index contributed by atoms with van der Waals surface area (Å²) in [6.45, 7) is 4.65. The number of fused-ring (bicyclic) bond motifs is 2. The molecule has 0 fully saturated rings. The van der Waals surface area contributed by atoms with Gasteiger partial charge in [0.2, 0.25) is 0 Å². The fraction of sp³-hybridized carbons (Fsp3) is 0.217. The van der Waals surface area contributed by atoms with E-state index in [2.05, 4.69) is 33.2 Å². The predicted octanol–water partition coefficient (Wildman–Crippen LogP) is 6.48. The van der Waals surface area contributed by atoms with Gasteiger partial charge in [0, 0.05) is 27.0 Å². The normalized spacial score (nSPS) is 11.1. The number of nitrogens with zero attached hydrogens (tertiary/aromatic N) is 1. The molecule has 1 amide bonds. The number of pyridine rings is 1. The van der Waals surface area contributed by atoms with Gasteiger partial charge in [-0.15, -0.1) is 0 Å². The second-order valence-corrected chi connectivity index (χ2v) is 7.78. The quantitative estimate of drug-likeness (QED) is 0.339. The van der Waals surface area contributed by atoms with E-state index >= 15 is 0 Å². The zero-order valence-corrected chi connectivity index (χ0v) is 17.9. The van der Waals surface area contributed by atoms with Gasteiger partial charge in [0.25, 0.3) is 5.91 Å². The van der Waals surface area contributed by atoms with E-state index < -0.39 is 0 Å². The Kier molecular flexibility index (Phi) is 5.53. The average Bonchev–Trinajstić information content (AvgIpc) is 3.05. The van der Waals surface area contributed by atoms with E-state index in [4.69, 9.17) is 9.15 Å². The van der Waals surface area contributed by atoms with Crippen molar-refractivity contribution in [3.63, 3.8) is 0 Å². The summed E-state index contributed by atoms with van der Waals surface area (Å²) in [5.74, 6) is 0.731. The van der Waals surface area contributed by atoms with Crippen LogP contribution in [-0.2, 0) is 0 Å². The number of rotatable bonds is 6. The summed E-state index contributed by atoms with van der Waals surface area (Å²) < 4.78 is 12.6. The molecule has 4 aromatic rings. The Hall–Kier alpha value is -2.86. The zero-order valence-electron chi connectivity index (χ0n) is 16.3. The van der Waals surface area contributed by atoms with Gasteiger partial charge in [-0.25, -0.2) is 0 Å². The van der Waals surface area contributed by atoms with Crippen LogP contribution in [0.25, 0.3) is 21.9 Å². The van der Waals surface area contributed by atoms with E-state index in [1.54, 1.807) is 6.20 Å². The van der Waals surface area contributed by atoms with E-state index in [0.717, 1.165) is 44.9 Å². The fourth-order valence-corrected chi connectivity index (χ4v) is 3.63. The van der Waals surface area contributed by atoms with E-state index in [9.17, 15) is 4.79 Å². The van der Waals surface area contributed by atoms with Crippen LogP contribution in [0.2, 0.25) is 0 Å². The third-order valence-electron chi connectivity index (χ3n) is 4.84. The highest BCUT2D eigenvalue weighted by atomic mass is 79.9. The highest BCUT2D eigenvalue weighted by Gasteiger charge is 2.19. The maximum Gasteiger partial charge on any atom is 0.291 e. The summed E-state index contributed by atoms with van der Waals surface area (Å²) >= 11 is 3.43. The number of ether oxygens (including phenoxy) is 1. The standard InChI is InChI=1S/C23H21BrN2O3/c1-3-4-12-28-19-10-9-18(17-6-5-11-25-21(17)19)26-23(27)22-14(2)16-8-7-15(24)13-20(16)29-22/h5-11,13H,3-4,12H2,1-2H3,(H,26,27). The molecule has 148 valence electrons. The van der Waals surface area contributed by atoms with Crippen molar-refractivity contribution < 1.29 is 13.9 Å². The van der Waals surface area contributed by atoms with Crippen LogP contribution in [0.1, 0.15) is 35.9 Å². The molecule has 6 heteroatoms. The fourth-order valence-electron chi connectivity index (χ4n) is 3.29. The lowest BCUT2D eigenvalue weighted by molar-refractivity contribution is 0.0998. The van der Waals surface area contributed by atoms with E-state index in [-0.39, 0.29) is 5.91 Å². The van der Waals surface area contributed by atoms with Crippen LogP contribution >= 0.6 is 15.9 Å². The van der Waals surface area contributed by atoms with Crippen LogP contribution in [-0.4, -0.2) is 17.5 Å². The predicted molar refractivity (Wildman–Crippen MR) is 119 cm³/mol. The van der Waals surface area contributed by atoms with Crippen LogP contribution < -0.4 is 10.1 Å². The number of furan rings is 1. The topological polar surface area (TPSA) is 64.4 Å². The number of hydrogen-bond acceptors (Lipinski definition) is 4. The van der Waals surface area contributed by atoms with Crippen LogP contribution in [0.15, 0.2) is 57.6 Å². The number of nitrogens with one attached hydrogen (secondary N) is 1. The molecule has 0 bridgehead atoms. The molecule has 5 nitrogen and oxygen atoms in total. The average molecular weight is 453 g/mol. The number of unbranched alkanes of at least 4 members (excludes halogenated alkanes) is 1. The maximum atomic E-state index is 13.0. The molecule has 0 aliphatic rings. The van der Waals surface area contributed by atoms with Crippen molar-refractivity contribution in [3.05, 3.63) is 64.5 Å². The Balaban J connectivity index is 1.67. The summed E-state index contributed by atoms with van der Waals surface area (Å²) in [7, 11) is 0. The van der Waals surface area contributed by atoms with Crippen molar-refractivity contribution in [1.82, 2.24) is 4.98 Å². The van der Waals surface area contributed by atoms with Gasteiger partial charge in [-0.05, 0) is 55.8 Å². The van der Waals surface area contributed by atoms with E-state index in [1.807, 2.05) is 49.4 Å². The highest BCUT2D eigenvalue weighted by Crippen LogP contribution is 2.32. The second-order valence-electron chi connectivity index (χ2n) is 6.86. The smallest absolute Gasteiger partial charge is 0.291 e. The number of hydrogen-bond donors (Lipinski definition) is 1. The number of anilines is 1. The molecule has 0 spiro atoms. The van der Waals surface area contributed by atoms with Gasteiger partial charge in [-0.1, -0.05) is 29.3 Å². The number of halogens is 1. The molecule has 29 heavy (non-hydrogen) atoms. The Morgan fingerprint density at radius 3 is 2.90 bits per heavy atom. The molecular formula is C23H21BrN2O3. The van der Waals surface area contributed by atoms with Gasteiger partial charge >= 0.3 is 0 Å². The van der Waals surface area contributed by atoms with Crippen molar-refractivity contribution >= 4 is 49.4 Å². The molecule has 0 unspecified atom stereocenters. The third-order valence-corrected chi connectivity index (χ3v) is 5.34. The van der Waals surface area contributed by atoms with Gasteiger partial charge in [0.1, 0.15) is 16.8 Å². The monoisotopic (exact) mass is 452 g/mol. The van der Waals surface area contributed by atoms with Gasteiger partial charge in [0.15, 0.2) is 5.76 Å². The molecule has 0 aliphatic heterocycles. The highest BCUT2D eigenvalue weighted by molar-refractivity contribution is 9.10. The molecule has 2 aromatic carbocycles. The summed E-state index contributed by atoms with van der Waals surface area (Å²) in [6, 6.07) is 13.2. The minimum Gasteiger partial charge on any atom is -0.491 e. The van der Waals surface area contributed by atoms with Gasteiger partial charge in [-0.2, -0.15) is 0 Å². The van der Waals surface area contributed by atoms with Crippen LogP contribution in [0, 0.1) is 6.92 Å². The minimum atomic E-state index is -0.292. The second kappa shape index (κ2) is 8.25. The Labute approximate surface area is 177 Å². The Morgan fingerprint density at radius 2 is 2.07 bits per heavy atom. The van der Waals surface area contributed by atoms with E-state index in [1.165, 1.54) is 0 Å². The van der Waals surface area contributed by atoms with E-state index in [0.29, 0.717) is 23.6 Å². The van der Waals surface area contributed by atoms with Crippen molar-refractivity contribution in [2.24, 2.45) is 0 Å². The largest absolute Gasteiger partial charge is 0.491 e. The minimum absolute atomic E-state index is 0.292. The SMILES string of the molecule is CCCCOc1ccc(NC(=O)c2oc3cc(Br)ccc3c2C)c2cccnc12. The lowest BCUT2D eigenvalue weighted by Gasteiger charge is -2.12. The first-order chi connectivity index (χ1) is 14.1.